The number of nitrogens with one attached hydrogen (secondary N) is 1. The zero-order valence-corrected chi connectivity index (χ0v) is 16.7. The minimum atomic E-state index is -0.431. The lowest BCUT2D eigenvalue weighted by Crippen LogP contribution is -2.44. The number of nitrogens with zero attached hydrogens (tertiary/aromatic N) is 1. The van der Waals surface area contributed by atoms with Gasteiger partial charge < -0.3 is 10.1 Å². The molecule has 0 atom stereocenters. The topological polar surface area (TPSA) is 75.7 Å². The van der Waals surface area contributed by atoms with Crippen LogP contribution in [0.3, 0.4) is 0 Å². The Hall–Kier alpha value is -2.80. The quantitative estimate of drug-likeness (QED) is 0.597. The Kier molecular flexibility index (Phi) is 6.36. The van der Waals surface area contributed by atoms with Crippen LogP contribution in [0.15, 0.2) is 47.4 Å². The molecule has 0 saturated carbocycles. The van der Waals surface area contributed by atoms with E-state index in [-0.39, 0.29) is 25.5 Å². The molecule has 0 spiro atoms. The SMILES string of the molecule is Cc1ccc(SCCC(=O)OCC(=O)N2CC(=O)Nc3ccccc32)cc1C. The van der Waals surface area contributed by atoms with Crippen molar-refractivity contribution in [2.45, 2.75) is 25.2 Å². The van der Waals surface area contributed by atoms with Gasteiger partial charge in [-0.3, -0.25) is 19.3 Å². The first kappa shape index (κ1) is 19.9. The predicted molar refractivity (Wildman–Crippen MR) is 110 cm³/mol. The van der Waals surface area contributed by atoms with Gasteiger partial charge in [-0.05, 0) is 49.2 Å². The molecular formula is C21H22N2O4S. The molecule has 28 heavy (non-hydrogen) atoms. The lowest BCUT2D eigenvalue weighted by Gasteiger charge is -2.28. The molecule has 2 aromatic carbocycles. The largest absolute Gasteiger partial charge is 0.456 e. The Morgan fingerprint density at radius 1 is 1.14 bits per heavy atom. The van der Waals surface area contributed by atoms with Crippen LogP contribution in [0, 0.1) is 13.8 Å². The van der Waals surface area contributed by atoms with E-state index in [0.717, 1.165) is 4.90 Å². The average molecular weight is 398 g/mol. The van der Waals surface area contributed by atoms with Crippen LogP contribution in [0.5, 0.6) is 0 Å². The monoisotopic (exact) mass is 398 g/mol. The second-order valence-corrected chi connectivity index (χ2v) is 7.72. The molecule has 0 saturated heterocycles. The minimum absolute atomic E-state index is 0.0873. The third kappa shape index (κ3) is 4.92. The highest BCUT2D eigenvalue weighted by atomic mass is 32.2. The maximum atomic E-state index is 12.4. The number of carbonyl (C=O) groups is 3. The van der Waals surface area contributed by atoms with Crippen LogP contribution in [0.1, 0.15) is 17.5 Å². The van der Waals surface area contributed by atoms with Crippen molar-refractivity contribution in [2.24, 2.45) is 0 Å². The molecule has 3 rings (SSSR count). The number of thioether (sulfide) groups is 1. The summed E-state index contributed by atoms with van der Waals surface area (Å²) in [5.74, 6) is -0.551. The van der Waals surface area contributed by atoms with Crippen molar-refractivity contribution in [1.82, 2.24) is 0 Å². The number of amides is 2. The number of fused-ring (bicyclic) bond motifs is 1. The summed E-state index contributed by atoms with van der Waals surface area (Å²) in [6.07, 6.45) is 0.210. The van der Waals surface area contributed by atoms with E-state index in [9.17, 15) is 14.4 Å². The second-order valence-electron chi connectivity index (χ2n) is 6.55. The van der Waals surface area contributed by atoms with E-state index >= 15 is 0 Å². The number of hydrogen-bond acceptors (Lipinski definition) is 5. The molecule has 1 aliphatic heterocycles. The molecule has 6 nitrogen and oxygen atoms in total. The zero-order chi connectivity index (χ0) is 20.1. The van der Waals surface area contributed by atoms with E-state index in [1.165, 1.54) is 16.0 Å². The van der Waals surface area contributed by atoms with Crippen LogP contribution in [0.25, 0.3) is 0 Å². The first-order valence-corrected chi connectivity index (χ1v) is 9.97. The number of benzene rings is 2. The van der Waals surface area contributed by atoms with Crippen LogP contribution in [0.2, 0.25) is 0 Å². The molecule has 2 aromatic rings. The van der Waals surface area contributed by atoms with Crippen molar-refractivity contribution in [1.29, 1.82) is 0 Å². The van der Waals surface area contributed by atoms with Crippen LogP contribution in [-0.2, 0) is 19.1 Å². The predicted octanol–water partition coefficient (Wildman–Crippen LogP) is 3.31. The Bertz CT molecular complexity index is 913. The van der Waals surface area contributed by atoms with Crippen molar-refractivity contribution in [3.63, 3.8) is 0 Å². The molecule has 7 heteroatoms. The van der Waals surface area contributed by atoms with Crippen molar-refractivity contribution in [3.8, 4) is 0 Å². The van der Waals surface area contributed by atoms with E-state index in [4.69, 9.17) is 4.74 Å². The molecule has 0 bridgehead atoms. The fraction of sp³-hybridized carbons (Fsp3) is 0.286. The Balaban J connectivity index is 1.47. The molecular weight excluding hydrogens is 376 g/mol. The van der Waals surface area contributed by atoms with Gasteiger partial charge in [-0.25, -0.2) is 0 Å². The number of rotatable bonds is 6. The Morgan fingerprint density at radius 2 is 1.93 bits per heavy atom. The minimum Gasteiger partial charge on any atom is -0.456 e. The standard InChI is InChI=1S/C21H22N2O4S/c1-14-7-8-16(11-15(14)2)28-10-9-21(26)27-13-20(25)23-12-19(24)22-17-5-3-4-6-18(17)23/h3-8,11H,9-10,12-13H2,1-2H3,(H,22,24). The summed E-state index contributed by atoms with van der Waals surface area (Å²) in [6.45, 7) is 3.64. The Morgan fingerprint density at radius 3 is 2.71 bits per heavy atom. The summed E-state index contributed by atoms with van der Waals surface area (Å²) >= 11 is 1.58. The van der Waals surface area contributed by atoms with Crippen molar-refractivity contribution < 1.29 is 19.1 Å². The van der Waals surface area contributed by atoms with Gasteiger partial charge in [0.1, 0.15) is 6.54 Å². The maximum Gasteiger partial charge on any atom is 0.307 e. The lowest BCUT2D eigenvalue weighted by atomic mass is 10.1. The molecule has 146 valence electrons. The lowest BCUT2D eigenvalue weighted by molar-refractivity contribution is -0.147. The fourth-order valence-electron chi connectivity index (χ4n) is 2.80. The number of hydrogen-bond donors (Lipinski definition) is 1. The highest BCUT2D eigenvalue weighted by Gasteiger charge is 2.27. The van der Waals surface area contributed by atoms with Crippen LogP contribution in [-0.4, -0.2) is 36.7 Å². The highest BCUT2D eigenvalue weighted by molar-refractivity contribution is 7.99. The third-order valence-electron chi connectivity index (χ3n) is 4.48. The molecule has 0 aromatic heterocycles. The molecule has 1 N–H and O–H groups in total. The van der Waals surface area contributed by atoms with Gasteiger partial charge >= 0.3 is 5.97 Å². The van der Waals surface area contributed by atoms with Gasteiger partial charge in [-0.1, -0.05) is 18.2 Å². The molecule has 2 amide bonds. The summed E-state index contributed by atoms with van der Waals surface area (Å²) in [4.78, 5) is 38.6. The first-order valence-electron chi connectivity index (χ1n) is 8.99. The first-order chi connectivity index (χ1) is 13.4. The molecule has 1 heterocycles. The molecule has 0 fully saturated rings. The molecule has 0 unspecified atom stereocenters. The number of anilines is 2. The highest BCUT2D eigenvalue weighted by Crippen LogP contribution is 2.29. The van der Waals surface area contributed by atoms with Gasteiger partial charge in [-0.2, -0.15) is 0 Å². The van der Waals surface area contributed by atoms with Crippen LogP contribution in [0.4, 0.5) is 11.4 Å². The average Bonchev–Trinajstić information content (AvgIpc) is 2.68. The van der Waals surface area contributed by atoms with E-state index < -0.39 is 11.9 Å². The zero-order valence-electron chi connectivity index (χ0n) is 15.9. The number of esters is 1. The number of para-hydroxylation sites is 2. The second kappa shape index (κ2) is 8.93. The molecule has 1 aliphatic rings. The van der Waals surface area contributed by atoms with E-state index in [1.54, 1.807) is 36.0 Å². The normalized spacial score (nSPS) is 12.9. The number of ether oxygens (including phenoxy) is 1. The van der Waals surface area contributed by atoms with Gasteiger partial charge in [0.15, 0.2) is 6.61 Å². The maximum absolute atomic E-state index is 12.4. The van der Waals surface area contributed by atoms with Crippen LogP contribution >= 0.6 is 11.8 Å². The summed E-state index contributed by atoms with van der Waals surface area (Å²) < 4.78 is 5.11. The summed E-state index contributed by atoms with van der Waals surface area (Å²) in [7, 11) is 0. The van der Waals surface area contributed by atoms with Crippen molar-refractivity contribution in [3.05, 3.63) is 53.6 Å². The summed E-state index contributed by atoms with van der Waals surface area (Å²) in [5, 5.41) is 2.72. The number of aryl methyl sites for hydroxylation is 2. The third-order valence-corrected chi connectivity index (χ3v) is 5.48. The van der Waals surface area contributed by atoms with E-state index in [0.29, 0.717) is 17.1 Å². The van der Waals surface area contributed by atoms with Crippen molar-refractivity contribution in [2.75, 3.05) is 29.1 Å². The van der Waals surface area contributed by atoms with E-state index in [1.807, 2.05) is 6.07 Å². The summed E-state index contributed by atoms with van der Waals surface area (Å²) in [6, 6.07) is 13.2. The molecule has 0 radical (unpaired) electrons. The van der Waals surface area contributed by atoms with Gasteiger partial charge in [0.05, 0.1) is 17.8 Å². The fourth-order valence-corrected chi connectivity index (χ4v) is 3.73. The van der Waals surface area contributed by atoms with Gasteiger partial charge in [-0.15, -0.1) is 11.8 Å². The van der Waals surface area contributed by atoms with Crippen LogP contribution < -0.4 is 10.2 Å². The summed E-state index contributed by atoms with van der Waals surface area (Å²) in [5.41, 5.74) is 3.62. The number of carbonyl (C=O) groups excluding carboxylic acids is 3. The van der Waals surface area contributed by atoms with Gasteiger partial charge in [0, 0.05) is 10.6 Å². The Labute approximate surface area is 168 Å². The smallest absolute Gasteiger partial charge is 0.307 e. The van der Waals surface area contributed by atoms with Gasteiger partial charge in [0.25, 0.3) is 5.91 Å². The van der Waals surface area contributed by atoms with E-state index in [2.05, 4.69) is 31.3 Å². The van der Waals surface area contributed by atoms with Crippen molar-refractivity contribution >= 4 is 40.9 Å². The molecule has 0 aliphatic carbocycles. The van der Waals surface area contributed by atoms with Gasteiger partial charge in [0.2, 0.25) is 5.91 Å².